The Morgan fingerprint density at radius 3 is 2.88 bits per heavy atom. The van der Waals surface area contributed by atoms with E-state index in [-0.39, 0.29) is 0 Å². The Kier molecular flexibility index (Phi) is 3.41. The number of hydrogen-bond acceptors (Lipinski definition) is 4. The van der Waals surface area contributed by atoms with Gasteiger partial charge in [0.2, 0.25) is 0 Å². The number of benzene rings is 1. The van der Waals surface area contributed by atoms with Crippen molar-refractivity contribution in [3.63, 3.8) is 0 Å². The maximum Gasteiger partial charge on any atom is 0.180 e. The summed E-state index contributed by atoms with van der Waals surface area (Å²) in [6.45, 7) is 2.65. The molecule has 0 saturated heterocycles. The molecule has 2 rings (SSSR count). The highest BCUT2D eigenvalue weighted by Gasteiger charge is 2.03. The molecule has 1 heterocycles. The second-order valence-corrected chi connectivity index (χ2v) is 4.56. The molecule has 0 amide bonds. The summed E-state index contributed by atoms with van der Waals surface area (Å²) in [5.74, 6) is 0.942. The fraction of sp³-hybridized carbons (Fsp3) is 0.250. The number of para-hydroxylation sites is 1. The summed E-state index contributed by atoms with van der Waals surface area (Å²) < 4.78 is 5.74. The number of rotatable bonds is 4. The summed E-state index contributed by atoms with van der Waals surface area (Å²) in [6, 6.07) is 8.07. The lowest BCUT2D eigenvalue weighted by Crippen LogP contribution is -1.96. The largest absolute Gasteiger partial charge is 0.488 e. The van der Waals surface area contributed by atoms with Gasteiger partial charge in [-0.05, 0) is 18.1 Å². The van der Waals surface area contributed by atoms with E-state index >= 15 is 0 Å². The number of hydrogen-bond donors (Lipinski definition) is 1. The Labute approximate surface area is 98.9 Å². The van der Waals surface area contributed by atoms with Gasteiger partial charge < -0.3 is 10.5 Å². The molecule has 0 fully saturated rings. The molecule has 3 nitrogen and oxygen atoms in total. The molecule has 1 aromatic heterocycles. The number of aromatic nitrogens is 1. The molecule has 16 heavy (non-hydrogen) atoms. The number of thiazole rings is 1. The van der Waals surface area contributed by atoms with Crippen LogP contribution in [-0.4, -0.2) is 4.98 Å². The van der Waals surface area contributed by atoms with Crippen LogP contribution in [0.25, 0.3) is 0 Å². The molecule has 0 unspecified atom stereocenters. The maximum absolute atomic E-state index is 5.74. The van der Waals surface area contributed by atoms with Gasteiger partial charge in [0, 0.05) is 6.20 Å². The van der Waals surface area contributed by atoms with Crippen LogP contribution in [0.3, 0.4) is 0 Å². The summed E-state index contributed by atoms with van der Waals surface area (Å²) in [5, 5.41) is 0.586. The van der Waals surface area contributed by atoms with Crippen molar-refractivity contribution < 1.29 is 4.74 Å². The fourth-order valence-electron chi connectivity index (χ4n) is 1.47. The van der Waals surface area contributed by atoms with Crippen LogP contribution in [-0.2, 0) is 13.0 Å². The quantitative estimate of drug-likeness (QED) is 0.885. The predicted molar refractivity (Wildman–Crippen MR) is 66.7 cm³/mol. The van der Waals surface area contributed by atoms with Crippen LogP contribution < -0.4 is 10.5 Å². The Morgan fingerprint density at radius 1 is 1.38 bits per heavy atom. The SMILES string of the molecule is CCc1ccccc1OCc1cnc(N)s1. The van der Waals surface area contributed by atoms with Crippen LogP contribution in [0, 0.1) is 0 Å². The van der Waals surface area contributed by atoms with Gasteiger partial charge in [-0.1, -0.05) is 36.5 Å². The number of nitrogens with two attached hydrogens (primary N) is 1. The van der Waals surface area contributed by atoms with E-state index in [4.69, 9.17) is 10.5 Å². The topological polar surface area (TPSA) is 48.1 Å². The third-order valence-corrected chi connectivity index (χ3v) is 3.09. The number of nitrogen functional groups attached to an aromatic ring is 1. The summed E-state index contributed by atoms with van der Waals surface area (Å²) >= 11 is 1.46. The van der Waals surface area contributed by atoms with Crippen molar-refractivity contribution >= 4 is 16.5 Å². The first-order chi connectivity index (χ1) is 7.79. The molecule has 0 aliphatic carbocycles. The summed E-state index contributed by atoms with van der Waals surface area (Å²) in [7, 11) is 0. The van der Waals surface area contributed by atoms with Gasteiger partial charge in [0.15, 0.2) is 5.13 Å². The van der Waals surface area contributed by atoms with Crippen molar-refractivity contribution in [1.82, 2.24) is 4.98 Å². The Hall–Kier alpha value is -1.55. The standard InChI is InChI=1S/C12H14N2OS/c1-2-9-5-3-4-6-11(9)15-8-10-7-14-12(13)16-10/h3-7H,2,8H2,1H3,(H2,13,14). The minimum Gasteiger partial charge on any atom is -0.488 e. The van der Waals surface area contributed by atoms with Crippen molar-refractivity contribution in [2.24, 2.45) is 0 Å². The molecule has 4 heteroatoms. The Bertz CT molecular complexity index is 468. The van der Waals surface area contributed by atoms with E-state index in [2.05, 4.69) is 18.0 Å². The zero-order valence-corrected chi connectivity index (χ0v) is 9.96. The Balaban J connectivity index is 2.04. The molecule has 0 saturated carbocycles. The molecule has 0 aliphatic rings. The summed E-state index contributed by atoms with van der Waals surface area (Å²) in [6.07, 6.45) is 2.73. The Morgan fingerprint density at radius 2 is 2.19 bits per heavy atom. The summed E-state index contributed by atoms with van der Waals surface area (Å²) in [5.41, 5.74) is 6.78. The highest BCUT2D eigenvalue weighted by molar-refractivity contribution is 7.15. The van der Waals surface area contributed by atoms with E-state index < -0.39 is 0 Å². The highest BCUT2D eigenvalue weighted by atomic mass is 32.1. The molecule has 2 aromatic rings. The highest BCUT2D eigenvalue weighted by Crippen LogP contribution is 2.21. The van der Waals surface area contributed by atoms with Gasteiger partial charge in [0.1, 0.15) is 12.4 Å². The molecule has 0 bridgehead atoms. The van der Waals surface area contributed by atoms with Crippen molar-refractivity contribution in [2.45, 2.75) is 20.0 Å². The van der Waals surface area contributed by atoms with E-state index in [0.29, 0.717) is 11.7 Å². The summed E-state index contributed by atoms with van der Waals surface area (Å²) in [4.78, 5) is 5.03. The average Bonchev–Trinajstić information content (AvgIpc) is 2.73. The number of nitrogens with zero attached hydrogens (tertiary/aromatic N) is 1. The van der Waals surface area contributed by atoms with E-state index in [1.807, 2.05) is 18.2 Å². The fourth-order valence-corrected chi connectivity index (χ4v) is 2.07. The van der Waals surface area contributed by atoms with Gasteiger partial charge in [-0.25, -0.2) is 4.98 Å². The van der Waals surface area contributed by atoms with Gasteiger partial charge in [-0.2, -0.15) is 0 Å². The van der Waals surface area contributed by atoms with Crippen LogP contribution in [0.2, 0.25) is 0 Å². The molecule has 2 N–H and O–H groups in total. The second-order valence-electron chi connectivity index (χ2n) is 3.41. The molecule has 84 valence electrons. The minimum atomic E-state index is 0.534. The number of ether oxygens (including phenoxy) is 1. The molecule has 0 spiro atoms. The molecular weight excluding hydrogens is 220 g/mol. The van der Waals surface area contributed by atoms with Crippen molar-refractivity contribution in [1.29, 1.82) is 0 Å². The average molecular weight is 234 g/mol. The first-order valence-electron chi connectivity index (χ1n) is 5.20. The minimum absolute atomic E-state index is 0.534. The van der Waals surface area contributed by atoms with Crippen molar-refractivity contribution in [3.8, 4) is 5.75 Å². The molecule has 0 radical (unpaired) electrons. The van der Waals surface area contributed by atoms with Gasteiger partial charge >= 0.3 is 0 Å². The number of anilines is 1. The molecule has 1 aromatic carbocycles. The third-order valence-electron chi connectivity index (χ3n) is 2.29. The van der Waals surface area contributed by atoms with Crippen molar-refractivity contribution in [2.75, 3.05) is 5.73 Å². The third kappa shape index (κ3) is 2.52. The van der Waals surface area contributed by atoms with Crippen LogP contribution in [0.1, 0.15) is 17.4 Å². The van der Waals surface area contributed by atoms with E-state index in [0.717, 1.165) is 17.0 Å². The normalized spacial score (nSPS) is 10.3. The van der Waals surface area contributed by atoms with Crippen molar-refractivity contribution in [3.05, 3.63) is 40.9 Å². The van der Waals surface area contributed by atoms with E-state index in [1.54, 1.807) is 6.20 Å². The lowest BCUT2D eigenvalue weighted by molar-refractivity contribution is 0.306. The molecule has 0 atom stereocenters. The smallest absolute Gasteiger partial charge is 0.180 e. The lowest BCUT2D eigenvalue weighted by Gasteiger charge is -2.08. The van der Waals surface area contributed by atoms with Crippen LogP contribution >= 0.6 is 11.3 Å². The molecule has 0 aliphatic heterocycles. The lowest BCUT2D eigenvalue weighted by atomic mass is 10.1. The second kappa shape index (κ2) is 4.99. The zero-order chi connectivity index (χ0) is 11.4. The zero-order valence-electron chi connectivity index (χ0n) is 9.14. The maximum atomic E-state index is 5.74. The van der Waals surface area contributed by atoms with Gasteiger partial charge in [0.25, 0.3) is 0 Å². The monoisotopic (exact) mass is 234 g/mol. The number of aryl methyl sites for hydroxylation is 1. The van der Waals surface area contributed by atoms with Crippen LogP contribution in [0.15, 0.2) is 30.5 Å². The molecular formula is C12H14N2OS. The van der Waals surface area contributed by atoms with Gasteiger partial charge in [-0.15, -0.1) is 0 Å². The van der Waals surface area contributed by atoms with E-state index in [1.165, 1.54) is 16.9 Å². The van der Waals surface area contributed by atoms with Crippen LogP contribution in [0.5, 0.6) is 5.75 Å². The van der Waals surface area contributed by atoms with E-state index in [9.17, 15) is 0 Å². The first kappa shape index (κ1) is 11.0. The van der Waals surface area contributed by atoms with Gasteiger partial charge in [0.05, 0.1) is 4.88 Å². The van der Waals surface area contributed by atoms with Gasteiger partial charge in [-0.3, -0.25) is 0 Å². The predicted octanol–water partition coefficient (Wildman–Crippen LogP) is 2.87. The first-order valence-corrected chi connectivity index (χ1v) is 6.02. The van der Waals surface area contributed by atoms with Crippen LogP contribution in [0.4, 0.5) is 5.13 Å².